The molecule has 0 aliphatic heterocycles. The molecule has 0 spiro atoms. The van der Waals surface area contributed by atoms with Crippen LogP contribution in [0.15, 0.2) is 30.3 Å². The summed E-state index contributed by atoms with van der Waals surface area (Å²) in [6.07, 6.45) is 4.77. The molecule has 2 aliphatic carbocycles. The van der Waals surface area contributed by atoms with Gasteiger partial charge in [0.25, 0.3) is 0 Å². The average Bonchev–Trinajstić information content (AvgIpc) is 3.60. The second kappa shape index (κ2) is 6.89. The van der Waals surface area contributed by atoms with Crippen molar-refractivity contribution in [2.24, 2.45) is 0 Å². The van der Waals surface area contributed by atoms with Crippen LogP contribution in [0.5, 0.6) is 0 Å². The molecule has 28 heavy (non-hydrogen) atoms. The third kappa shape index (κ3) is 3.83. The van der Waals surface area contributed by atoms with Crippen LogP contribution >= 0.6 is 0 Å². The van der Waals surface area contributed by atoms with Crippen molar-refractivity contribution in [3.05, 3.63) is 53.0 Å². The van der Waals surface area contributed by atoms with Crippen LogP contribution in [0.25, 0.3) is 0 Å². The van der Waals surface area contributed by atoms with Crippen molar-refractivity contribution in [1.29, 1.82) is 0 Å². The van der Waals surface area contributed by atoms with Gasteiger partial charge in [0, 0.05) is 23.6 Å². The third-order valence-electron chi connectivity index (χ3n) is 5.37. The van der Waals surface area contributed by atoms with Gasteiger partial charge in [-0.15, -0.1) is 0 Å². The van der Waals surface area contributed by atoms with E-state index in [2.05, 4.69) is 80.0 Å². The number of hydrogen-bond donors (Lipinski definition) is 3. The van der Waals surface area contributed by atoms with Crippen molar-refractivity contribution >= 4 is 17.7 Å². The Morgan fingerprint density at radius 3 is 2.39 bits per heavy atom. The third-order valence-corrected chi connectivity index (χ3v) is 5.37. The minimum absolute atomic E-state index is 0.106. The SMILES string of the molecule is Cc1ccc(C(C)Nc2nc(Nc3cc(C4CC4)[nH]n3)nc(C3CC3)n2)cc1. The van der Waals surface area contributed by atoms with E-state index in [0.29, 0.717) is 23.7 Å². The van der Waals surface area contributed by atoms with E-state index in [1.54, 1.807) is 0 Å². The Kier molecular flexibility index (Phi) is 4.22. The maximum Gasteiger partial charge on any atom is 0.233 e. The molecular weight excluding hydrogens is 350 g/mol. The van der Waals surface area contributed by atoms with Crippen LogP contribution in [0.1, 0.15) is 73.1 Å². The number of aromatic amines is 1. The number of nitrogens with zero attached hydrogens (tertiary/aromatic N) is 4. The van der Waals surface area contributed by atoms with Gasteiger partial charge < -0.3 is 10.6 Å². The molecule has 2 fully saturated rings. The summed E-state index contributed by atoms with van der Waals surface area (Å²) in [5.41, 5.74) is 3.64. The van der Waals surface area contributed by atoms with Gasteiger partial charge >= 0.3 is 0 Å². The molecule has 0 amide bonds. The first-order valence-electron chi connectivity index (χ1n) is 10.1. The van der Waals surface area contributed by atoms with Gasteiger partial charge in [-0.25, -0.2) is 0 Å². The summed E-state index contributed by atoms with van der Waals surface area (Å²) in [7, 11) is 0. The summed E-state index contributed by atoms with van der Waals surface area (Å²) in [6.45, 7) is 4.21. The fourth-order valence-corrected chi connectivity index (χ4v) is 3.29. The van der Waals surface area contributed by atoms with E-state index in [4.69, 9.17) is 0 Å². The van der Waals surface area contributed by atoms with Crippen LogP contribution in [0.3, 0.4) is 0 Å². The minimum atomic E-state index is 0.106. The van der Waals surface area contributed by atoms with Gasteiger partial charge in [-0.2, -0.15) is 20.1 Å². The highest BCUT2D eigenvalue weighted by Gasteiger charge is 2.29. The second-order valence-electron chi connectivity index (χ2n) is 8.00. The summed E-state index contributed by atoms with van der Waals surface area (Å²) < 4.78 is 0. The summed E-state index contributed by atoms with van der Waals surface area (Å²) >= 11 is 0. The molecule has 2 heterocycles. The fourth-order valence-electron chi connectivity index (χ4n) is 3.29. The lowest BCUT2D eigenvalue weighted by molar-refractivity contribution is 0.829. The maximum absolute atomic E-state index is 4.66. The maximum atomic E-state index is 4.66. The zero-order chi connectivity index (χ0) is 19.1. The van der Waals surface area contributed by atoms with Crippen molar-refractivity contribution in [1.82, 2.24) is 25.1 Å². The molecular formula is C21H25N7. The summed E-state index contributed by atoms with van der Waals surface area (Å²) in [6, 6.07) is 10.7. The topological polar surface area (TPSA) is 91.4 Å². The molecule has 3 N–H and O–H groups in total. The molecule has 7 nitrogen and oxygen atoms in total. The number of aryl methyl sites for hydroxylation is 1. The first kappa shape index (κ1) is 17.2. The Morgan fingerprint density at radius 2 is 1.68 bits per heavy atom. The van der Waals surface area contributed by atoms with E-state index in [-0.39, 0.29) is 6.04 Å². The van der Waals surface area contributed by atoms with Crippen molar-refractivity contribution in [3.8, 4) is 0 Å². The predicted molar refractivity (Wildman–Crippen MR) is 109 cm³/mol. The van der Waals surface area contributed by atoms with Crippen LogP contribution in [0.4, 0.5) is 17.7 Å². The van der Waals surface area contributed by atoms with Crippen LogP contribution in [-0.2, 0) is 0 Å². The number of H-pyrrole nitrogens is 1. The number of hydrogen-bond acceptors (Lipinski definition) is 6. The van der Waals surface area contributed by atoms with Crippen molar-refractivity contribution in [2.75, 3.05) is 10.6 Å². The predicted octanol–water partition coefficient (Wildman–Crippen LogP) is 4.57. The molecule has 1 unspecified atom stereocenters. The molecule has 1 atom stereocenters. The second-order valence-corrected chi connectivity index (χ2v) is 8.00. The van der Waals surface area contributed by atoms with E-state index >= 15 is 0 Å². The molecule has 0 bridgehead atoms. The van der Waals surface area contributed by atoms with Crippen LogP contribution < -0.4 is 10.6 Å². The van der Waals surface area contributed by atoms with Gasteiger partial charge in [0.1, 0.15) is 5.82 Å². The first-order valence-corrected chi connectivity index (χ1v) is 10.1. The molecule has 1 aromatic carbocycles. The fraction of sp³-hybridized carbons (Fsp3) is 0.429. The number of aromatic nitrogens is 5. The lowest BCUT2D eigenvalue weighted by atomic mass is 10.1. The molecule has 0 radical (unpaired) electrons. The Bertz CT molecular complexity index is 971. The number of anilines is 3. The van der Waals surface area contributed by atoms with E-state index in [1.807, 2.05) is 0 Å². The Balaban J connectivity index is 1.36. The normalized spacial score (nSPS) is 17.4. The van der Waals surface area contributed by atoms with Crippen molar-refractivity contribution in [2.45, 2.75) is 57.4 Å². The van der Waals surface area contributed by atoms with Gasteiger partial charge in [0.15, 0.2) is 5.82 Å². The molecule has 3 aromatic rings. The van der Waals surface area contributed by atoms with E-state index in [9.17, 15) is 0 Å². The van der Waals surface area contributed by atoms with Crippen LogP contribution in [0.2, 0.25) is 0 Å². The molecule has 7 heteroatoms. The number of rotatable bonds is 7. The molecule has 2 saturated carbocycles. The zero-order valence-corrected chi connectivity index (χ0v) is 16.2. The Hall–Kier alpha value is -2.96. The highest BCUT2D eigenvalue weighted by Crippen LogP contribution is 2.40. The van der Waals surface area contributed by atoms with Crippen LogP contribution in [-0.4, -0.2) is 25.1 Å². The Labute approximate surface area is 164 Å². The minimum Gasteiger partial charge on any atom is -0.348 e. The van der Waals surface area contributed by atoms with Gasteiger partial charge in [-0.3, -0.25) is 5.10 Å². The molecule has 5 rings (SSSR count). The first-order chi connectivity index (χ1) is 13.6. The smallest absolute Gasteiger partial charge is 0.233 e. The highest BCUT2D eigenvalue weighted by molar-refractivity contribution is 5.50. The summed E-state index contributed by atoms with van der Waals surface area (Å²) in [5, 5.41) is 14.1. The van der Waals surface area contributed by atoms with Crippen LogP contribution in [0, 0.1) is 6.92 Å². The average molecular weight is 375 g/mol. The number of nitrogens with one attached hydrogen (secondary N) is 3. The van der Waals surface area contributed by atoms with Crippen molar-refractivity contribution in [3.63, 3.8) is 0 Å². The lowest BCUT2D eigenvalue weighted by Crippen LogP contribution is -2.13. The van der Waals surface area contributed by atoms with Gasteiger partial charge in [-0.1, -0.05) is 29.8 Å². The van der Waals surface area contributed by atoms with Gasteiger partial charge in [0.2, 0.25) is 11.9 Å². The highest BCUT2D eigenvalue weighted by atomic mass is 15.3. The number of benzene rings is 1. The van der Waals surface area contributed by atoms with E-state index in [1.165, 1.54) is 29.7 Å². The van der Waals surface area contributed by atoms with E-state index in [0.717, 1.165) is 24.5 Å². The summed E-state index contributed by atoms with van der Waals surface area (Å²) in [4.78, 5) is 13.9. The van der Waals surface area contributed by atoms with Gasteiger partial charge in [0.05, 0.1) is 6.04 Å². The summed E-state index contributed by atoms with van der Waals surface area (Å²) in [5.74, 6) is 3.84. The lowest BCUT2D eigenvalue weighted by Gasteiger charge is -2.15. The monoisotopic (exact) mass is 375 g/mol. The molecule has 2 aliphatic rings. The largest absolute Gasteiger partial charge is 0.348 e. The van der Waals surface area contributed by atoms with Crippen molar-refractivity contribution < 1.29 is 0 Å². The molecule has 2 aromatic heterocycles. The zero-order valence-electron chi connectivity index (χ0n) is 16.2. The van der Waals surface area contributed by atoms with E-state index < -0.39 is 0 Å². The van der Waals surface area contributed by atoms with Gasteiger partial charge in [-0.05, 0) is 45.1 Å². The Morgan fingerprint density at radius 1 is 0.964 bits per heavy atom. The standard InChI is InChI=1S/C21H25N7/c1-12-3-5-14(6-4-12)13(2)22-20-24-19(16-9-10-16)25-21(26-20)23-18-11-17(27-28-18)15-7-8-15/h3-6,11,13,15-16H,7-10H2,1-2H3,(H3,22,23,24,25,26,27,28). The molecule has 144 valence electrons. The quantitative estimate of drug-likeness (QED) is 0.560. The molecule has 0 saturated heterocycles.